The summed E-state index contributed by atoms with van der Waals surface area (Å²) in [5.74, 6) is -0.262. The van der Waals surface area contributed by atoms with Gasteiger partial charge in [0.2, 0.25) is 0 Å². The number of carbonyl (C=O) groups excluding carboxylic acids is 1. The molecule has 1 atom stereocenters. The second-order valence-electron chi connectivity index (χ2n) is 6.35. The molecule has 0 aliphatic heterocycles. The van der Waals surface area contributed by atoms with Gasteiger partial charge in [0.1, 0.15) is 6.61 Å². The minimum absolute atomic E-state index is 0.262. The summed E-state index contributed by atoms with van der Waals surface area (Å²) in [6, 6.07) is 9.66. The molecule has 1 unspecified atom stereocenters. The van der Waals surface area contributed by atoms with E-state index in [1.165, 1.54) is 0 Å². The number of hydrogen-bond donors (Lipinski definition) is 1. The highest BCUT2D eigenvalue weighted by Crippen LogP contribution is 2.31. The van der Waals surface area contributed by atoms with Crippen LogP contribution in [0.5, 0.6) is 0 Å². The summed E-state index contributed by atoms with van der Waals surface area (Å²) in [4.78, 5) is 14.4. The molecule has 0 radical (unpaired) electrons. The molecule has 1 aromatic rings. The molecule has 0 bridgehead atoms. The maximum atomic E-state index is 12.5. The Morgan fingerprint density at radius 2 is 1.75 bits per heavy atom. The summed E-state index contributed by atoms with van der Waals surface area (Å²) < 4.78 is 5.48. The normalized spacial score (nSPS) is 14.9. The minimum Gasteiger partial charge on any atom is -0.460 e. The van der Waals surface area contributed by atoms with Crippen molar-refractivity contribution in [2.45, 2.75) is 32.9 Å². The lowest BCUT2D eigenvalue weighted by Gasteiger charge is -2.40. The minimum atomic E-state index is -0.759. The van der Waals surface area contributed by atoms with Crippen molar-refractivity contribution in [3.05, 3.63) is 35.9 Å². The largest absolute Gasteiger partial charge is 0.460 e. The average molecular weight is 278 g/mol. The Morgan fingerprint density at radius 3 is 2.20 bits per heavy atom. The van der Waals surface area contributed by atoms with E-state index in [-0.39, 0.29) is 12.6 Å². The molecule has 0 fully saturated rings. The Bertz CT molecular complexity index is 438. The van der Waals surface area contributed by atoms with Crippen LogP contribution in [0.15, 0.2) is 30.3 Å². The molecule has 1 rings (SSSR count). The third-order valence-corrected chi connectivity index (χ3v) is 3.72. The molecule has 112 valence electrons. The Labute approximate surface area is 121 Å². The van der Waals surface area contributed by atoms with Crippen LogP contribution in [-0.2, 0) is 16.1 Å². The van der Waals surface area contributed by atoms with Crippen molar-refractivity contribution in [3.63, 3.8) is 0 Å². The Morgan fingerprint density at radius 1 is 1.20 bits per heavy atom. The van der Waals surface area contributed by atoms with Crippen molar-refractivity contribution >= 4 is 5.97 Å². The lowest BCUT2D eigenvalue weighted by Crippen LogP contribution is -2.58. The van der Waals surface area contributed by atoms with Crippen molar-refractivity contribution in [2.75, 3.05) is 20.6 Å². The van der Waals surface area contributed by atoms with Gasteiger partial charge in [-0.05, 0) is 40.4 Å². The maximum absolute atomic E-state index is 12.5. The molecule has 4 nitrogen and oxygen atoms in total. The zero-order valence-electron chi connectivity index (χ0n) is 13.1. The highest BCUT2D eigenvalue weighted by molar-refractivity contribution is 5.78. The van der Waals surface area contributed by atoms with E-state index >= 15 is 0 Å². The first-order chi connectivity index (χ1) is 9.17. The molecule has 2 N–H and O–H groups in total. The van der Waals surface area contributed by atoms with Gasteiger partial charge in [0.25, 0.3) is 0 Å². The highest BCUT2D eigenvalue weighted by Gasteiger charge is 2.46. The van der Waals surface area contributed by atoms with Crippen LogP contribution in [0.3, 0.4) is 0 Å². The molecule has 0 saturated carbocycles. The molecular weight excluding hydrogens is 252 g/mol. The fraction of sp³-hybridized carbons (Fsp3) is 0.562. The topological polar surface area (TPSA) is 55.6 Å². The van der Waals surface area contributed by atoms with Crippen LogP contribution in [0.1, 0.15) is 26.3 Å². The summed E-state index contributed by atoms with van der Waals surface area (Å²) in [7, 11) is 3.85. The molecule has 20 heavy (non-hydrogen) atoms. The number of rotatable bonds is 6. The lowest BCUT2D eigenvalue weighted by molar-refractivity contribution is -0.161. The van der Waals surface area contributed by atoms with Gasteiger partial charge in [0, 0.05) is 12.1 Å². The van der Waals surface area contributed by atoms with E-state index in [2.05, 4.69) is 0 Å². The number of carbonyl (C=O) groups is 1. The molecule has 0 aliphatic carbocycles. The standard InChI is InChI=1S/C16H26N2O2/c1-15(2,17)16(3,12-18(4)5)14(19)20-11-13-9-7-6-8-10-13/h6-10H,11-12,17H2,1-5H3. The van der Waals surface area contributed by atoms with Crippen LogP contribution in [-0.4, -0.2) is 37.0 Å². The third kappa shape index (κ3) is 4.05. The van der Waals surface area contributed by atoms with Gasteiger partial charge in [-0.1, -0.05) is 30.3 Å². The molecule has 1 aromatic carbocycles. The van der Waals surface area contributed by atoms with E-state index < -0.39 is 11.0 Å². The van der Waals surface area contributed by atoms with Crippen LogP contribution < -0.4 is 5.73 Å². The van der Waals surface area contributed by atoms with Crippen molar-refractivity contribution in [1.82, 2.24) is 4.90 Å². The van der Waals surface area contributed by atoms with E-state index in [0.29, 0.717) is 6.54 Å². The van der Waals surface area contributed by atoms with Gasteiger partial charge in [-0.15, -0.1) is 0 Å². The van der Waals surface area contributed by atoms with Crippen molar-refractivity contribution in [1.29, 1.82) is 0 Å². The van der Waals surface area contributed by atoms with Gasteiger partial charge in [-0.3, -0.25) is 4.79 Å². The van der Waals surface area contributed by atoms with Crippen LogP contribution in [0, 0.1) is 5.41 Å². The van der Waals surface area contributed by atoms with Gasteiger partial charge in [-0.25, -0.2) is 0 Å². The highest BCUT2D eigenvalue weighted by atomic mass is 16.5. The second-order valence-corrected chi connectivity index (χ2v) is 6.35. The SMILES string of the molecule is CN(C)CC(C)(C(=O)OCc1ccccc1)C(C)(C)N. The molecule has 0 saturated heterocycles. The number of ether oxygens (including phenoxy) is 1. The van der Waals surface area contributed by atoms with Crippen molar-refractivity contribution in [2.24, 2.45) is 11.1 Å². The summed E-state index contributed by atoms with van der Waals surface area (Å²) >= 11 is 0. The third-order valence-electron chi connectivity index (χ3n) is 3.72. The van der Waals surface area contributed by atoms with Gasteiger partial charge in [0.15, 0.2) is 0 Å². The molecule has 0 aliphatic rings. The molecule has 4 heteroatoms. The first-order valence-electron chi connectivity index (χ1n) is 6.81. The molecule has 0 spiro atoms. The van der Waals surface area contributed by atoms with Crippen LogP contribution in [0.4, 0.5) is 0 Å². The van der Waals surface area contributed by atoms with Gasteiger partial charge in [-0.2, -0.15) is 0 Å². The zero-order valence-corrected chi connectivity index (χ0v) is 13.1. The lowest BCUT2D eigenvalue weighted by atomic mass is 9.73. The van der Waals surface area contributed by atoms with Crippen molar-refractivity contribution < 1.29 is 9.53 Å². The number of hydrogen-bond acceptors (Lipinski definition) is 4. The summed E-state index contributed by atoms with van der Waals surface area (Å²) in [5, 5.41) is 0. The van der Waals surface area contributed by atoms with Gasteiger partial charge >= 0.3 is 5.97 Å². The zero-order chi connectivity index (χ0) is 15.4. The second kappa shape index (κ2) is 6.37. The number of nitrogens with two attached hydrogens (primary N) is 1. The Kier molecular flexibility index (Phi) is 5.31. The van der Waals surface area contributed by atoms with Crippen molar-refractivity contribution in [3.8, 4) is 0 Å². The fourth-order valence-electron chi connectivity index (χ4n) is 2.05. The number of nitrogens with zero attached hydrogens (tertiary/aromatic N) is 1. The smallest absolute Gasteiger partial charge is 0.315 e. The van der Waals surface area contributed by atoms with Gasteiger partial charge in [0.05, 0.1) is 5.41 Å². The average Bonchev–Trinajstić information content (AvgIpc) is 2.35. The summed E-state index contributed by atoms with van der Waals surface area (Å²) in [5.41, 5.74) is 5.76. The molecule has 0 heterocycles. The van der Waals surface area contributed by atoms with Crippen LogP contribution in [0.25, 0.3) is 0 Å². The Balaban J connectivity index is 2.79. The first-order valence-corrected chi connectivity index (χ1v) is 6.81. The van der Waals surface area contributed by atoms with Crippen LogP contribution >= 0.6 is 0 Å². The van der Waals surface area contributed by atoms with E-state index in [0.717, 1.165) is 5.56 Å². The van der Waals surface area contributed by atoms with Gasteiger partial charge < -0.3 is 15.4 Å². The molecule has 0 amide bonds. The van der Waals surface area contributed by atoms with E-state index in [1.54, 1.807) is 0 Å². The number of esters is 1. The fourth-order valence-corrected chi connectivity index (χ4v) is 2.05. The van der Waals surface area contributed by atoms with E-state index in [9.17, 15) is 4.79 Å². The summed E-state index contributed by atoms with van der Waals surface area (Å²) in [6.07, 6.45) is 0. The first kappa shape index (κ1) is 16.7. The molecular formula is C16H26N2O2. The predicted molar refractivity (Wildman–Crippen MR) is 81.2 cm³/mol. The Hall–Kier alpha value is -1.39. The quantitative estimate of drug-likeness (QED) is 0.809. The maximum Gasteiger partial charge on any atom is 0.315 e. The predicted octanol–water partition coefficient (Wildman–Crippen LogP) is 2.03. The van der Waals surface area contributed by atoms with E-state index in [4.69, 9.17) is 10.5 Å². The molecule has 0 aromatic heterocycles. The monoisotopic (exact) mass is 278 g/mol. The number of benzene rings is 1. The summed E-state index contributed by atoms with van der Waals surface area (Å²) in [6.45, 7) is 6.41. The van der Waals surface area contributed by atoms with E-state index in [1.807, 2.05) is 70.1 Å². The van der Waals surface area contributed by atoms with Crippen LogP contribution in [0.2, 0.25) is 0 Å².